The number of nitrogens with one attached hydrogen (secondary N) is 1. The van der Waals surface area contributed by atoms with E-state index in [-0.39, 0.29) is 18.5 Å². The maximum atomic E-state index is 12.5. The minimum absolute atomic E-state index is 0.00152. The zero-order valence-electron chi connectivity index (χ0n) is 11.9. The van der Waals surface area contributed by atoms with Crippen LogP contribution in [-0.2, 0) is 11.3 Å². The van der Waals surface area contributed by atoms with Crippen molar-refractivity contribution < 1.29 is 4.79 Å². The highest BCUT2D eigenvalue weighted by Gasteiger charge is 2.30. The Morgan fingerprint density at radius 3 is 2.77 bits per heavy atom. The quantitative estimate of drug-likeness (QED) is 0.883. The normalized spacial score (nSPS) is 17.6. The largest absolute Gasteiger partial charge is 0.334 e. The second-order valence-corrected chi connectivity index (χ2v) is 5.26. The number of carbonyl (C=O) groups is 1. The summed E-state index contributed by atoms with van der Waals surface area (Å²) >= 11 is 0. The number of aromatic nitrogens is 3. The second-order valence-electron chi connectivity index (χ2n) is 5.26. The Balaban J connectivity index is 1.81. The van der Waals surface area contributed by atoms with Crippen LogP contribution in [0.25, 0.3) is 0 Å². The zero-order chi connectivity index (χ0) is 15.5. The molecular weight excluding hydrogens is 284 g/mol. The molecule has 3 rings (SSSR count). The molecule has 0 radical (unpaired) electrons. The van der Waals surface area contributed by atoms with Crippen molar-refractivity contribution in [3.05, 3.63) is 62.9 Å². The second kappa shape index (κ2) is 5.97. The number of pyridine rings is 1. The fourth-order valence-electron chi connectivity index (χ4n) is 2.80. The lowest BCUT2D eigenvalue weighted by atomic mass is 10.1. The van der Waals surface area contributed by atoms with Gasteiger partial charge in [-0.3, -0.25) is 24.5 Å². The van der Waals surface area contributed by atoms with E-state index in [0.29, 0.717) is 6.54 Å². The third-order valence-electron chi connectivity index (χ3n) is 3.85. The van der Waals surface area contributed by atoms with Crippen molar-refractivity contribution in [1.29, 1.82) is 0 Å². The van der Waals surface area contributed by atoms with Crippen molar-refractivity contribution >= 4 is 5.91 Å². The third-order valence-corrected chi connectivity index (χ3v) is 3.85. The molecule has 0 unspecified atom stereocenters. The molecule has 114 valence electrons. The van der Waals surface area contributed by atoms with Crippen LogP contribution in [0.5, 0.6) is 0 Å². The Morgan fingerprint density at radius 2 is 2.00 bits per heavy atom. The van der Waals surface area contributed by atoms with Crippen LogP contribution in [0.15, 0.2) is 46.2 Å². The topological polar surface area (TPSA) is 88.1 Å². The van der Waals surface area contributed by atoms with Crippen LogP contribution in [0, 0.1) is 0 Å². The summed E-state index contributed by atoms with van der Waals surface area (Å²) in [6.07, 6.45) is 5.21. The first kappa shape index (κ1) is 14.2. The van der Waals surface area contributed by atoms with Gasteiger partial charge in [-0.1, -0.05) is 0 Å². The molecule has 0 saturated carbocycles. The van der Waals surface area contributed by atoms with Crippen molar-refractivity contribution in [3.63, 3.8) is 0 Å². The van der Waals surface area contributed by atoms with E-state index < -0.39 is 11.1 Å². The predicted octanol–water partition coefficient (Wildman–Crippen LogP) is 0.295. The summed E-state index contributed by atoms with van der Waals surface area (Å²) in [6.45, 7) is 0.494. The van der Waals surface area contributed by atoms with Crippen LogP contribution in [0.4, 0.5) is 0 Å². The molecule has 7 nitrogen and oxygen atoms in total. The molecule has 2 aromatic rings. The van der Waals surface area contributed by atoms with Crippen LogP contribution in [0.2, 0.25) is 0 Å². The number of hydrogen-bond acceptors (Lipinski definition) is 4. The van der Waals surface area contributed by atoms with E-state index in [1.807, 2.05) is 12.1 Å². The fourth-order valence-corrected chi connectivity index (χ4v) is 2.80. The summed E-state index contributed by atoms with van der Waals surface area (Å²) in [5.41, 5.74) is 0.238. The van der Waals surface area contributed by atoms with Gasteiger partial charge in [-0.25, -0.2) is 4.68 Å². The minimum Gasteiger partial charge on any atom is -0.334 e. The van der Waals surface area contributed by atoms with Gasteiger partial charge in [-0.2, -0.15) is 0 Å². The number of carbonyl (C=O) groups excluding carboxylic acids is 1. The van der Waals surface area contributed by atoms with Gasteiger partial charge in [0.05, 0.1) is 6.04 Å². The van der Waals surface area contributed by atoms with E-state index in [1.54, 1.807) is 17.3 Å². The summed E-state index contributed by atoms with van der Waals surface area (Å²) in [5, 5.41) is 2.38. The van der Waals surface area contributed by atoms with Crippen LogP contribution < -0.4 is 11.1 Å². The first-order valence-electron chi connectivity index (χ1n) is 7.15. The molecule has 7 heteroatoms. The Bertz CT molecular complexity index is 781. The monoisotopic (exact) mass is 300 g/mol. The number of rotatable bonds is 3. The van der Waals surface area contributed by atoms with E-state index in [9.17, 15) is 14.4 Å². The van der Waals surface area contributed by atoms with Gasteiger partial charge in [0.2, 0.25) is 5.91 Å². The van der Waals surface area contributed by atoms with Gasteiger partial charge in [0.1, 0.15) is 6.54 Å². The highest BCUT2D eigenvalue weighted by Crippen LogP contribution is 2.31. The van der Waals surface area contributed by atoms with Crippen molar-refractivity contribution in [3.8, 4) is 0 Å². The van der Waals surface area contributed by atoms with Gasteiger partial charge in [0, 0.05) is 31.1 Å². The third kappa shape index (κ3) is 2.83. The number of amides is 1. The van der Waals surface area contributed by atoms with Crippen molar-refractivity contribution in [1.82, 2.24) is 19.7 Å². The molecule has 0 spiro atoms. The molecule has 1 atom stereocenters. The Labute approximate surface area is 126 Å². The highest BCUT2D eigenvalue weighted by molar-refractivity contribution is 5.76. The molecule has 1 aliphatic rings. The van der Waals surface area contributed by atoms with E-state index >= 15 is 0 Å². The van der Waals surface area contributed by atoms with Crippen LogP contribution in [0.1, 0.15) is 24.4 Å². The van der Waals surface area contributed by atoms with E-state index in [1.165, 1.54) is 0 Å². The number of hydrogen-bond donors (Lipinski definition) is 1. The smallest absolute Gasteiger partial charge is 0.265 e. The molecule has 2 aromatic heterocycles. The number of H-pyrrole nitrogens is 1. The van der Waals surface area contributed by atoms with Crippen molar-refractivity contribution in [2.24, 2.45) is 0 Å². The van der Waals surface area contributed by atoms with Gasteiger partial charge in [-0.15, -0.1) is 0 Å². The molecule has 1 N–H and O–H groups in total. The van der Waals surface area contributed by atoms with Gasteiger partial charge in [0.25, 0.3) is 11.1 Å². The molecule has 1 fully saturated rings. The first-order valence-corrected chi connectivity index (χ1v) is 7.15. The maximum Gasteiger partial charge on any atom is 0.265 e. The number of nitrogens with zero attached hydrogens (tertiary/aromatic N) is 3. The van der Waals surface area contributed by atoms with E-state index in [4.69, 9.17) is 0 Å². The number of likely N-dealkylation sites (tertiary alicyclic amines) is 1. The van der Waals surface area contributed by atoms with Gasteiger partial charge in [-0.05, 0) is 30.5 Å². The van der Waals surface area contributed by atoms with Gasteiger partial charge >= 0.3 is 0 Å². The molecule has 3 heterocycles. The standard InChI is InChI=1S/C15H16N4O3/c20-13-3-4-14(21)19(17-13)10-15(22)18-9-1-2-12(18)11-5-7-16-8-6-11/h3-8,12H,1-2,9-10H2,(H,17,20)/t12-/m0/s1. The van der Waals surface area contributed by atoms with Gasteiger partial charge < -0.3 is 4.90 Å². The fraction of sp³-hybridized carbons (Fsp3) is 0.333. The van der Waals surface area contributed by atoms with Crippen molar-refractivity contribution in [2.45, 2.75) is 25.4 Å². The first-order chi connectivity index (χ1) is 10.6. The lowest BCUT2D eigenvalue weighted by molar-refractivity contribution is -0.133. The minimum atomic E-state index is -0.403. The molecule has 0 aliphatic carbocycles. The molecular formula is C15H16N4O3. The molecule has 1 aliphatic heterocycles. The number of aromatic amines is 1. The molecule has 1 saturated heterocycles. The average Bonchev–Trinajstić information content (AvgIpc) is 3.01. The molecule has 22 heavy (non-hydrogen) atoms. The SMILES string of the molecule is O=C(Cn1[nH]c(=O)ccc1=O)N1CCC[C@H]1c1ccncc1. The van der Waals surface area contributed by atoms with Crippen LogP contribution in [-0.4, -0.2) is 32.1 Å². The van der Waals surface area contributed by atoms with Gasteiger partial charge in [0.15, 0.2) is 0 Å². The van der Waals surface area contributed by atoms with Crippen LogP contribution >= 0.6 is 0 Å². The summed E-state index contributed by atoms with van der Waals surface area (Å²) in [5.74, 6) is -0.178. The summed E-state index contributed by atoms with van der Waals surface area (Å²) in [4.78, 5) is 41.2. The zero-order valence-corrected chi connectivity index (χ0v) is 11.9. The summed E-state index contributed by atoms with van der Waals surface area (Å²) in [7, 11) is 0. The Morgan fingerprint density at radius 1 is 1.23 bits per heavy atom. The molecule has 1 amide bonds. The van der Waals surface area contributed by atoms with E-state index in [0.717, 1.165) is 35.2 Å². The average molecular weight is 300 g/mol. The molecule has 0 bridgehead atoms. The Kier molecular flexibility index (Phi) is 3.86. The van der Waals surface area contributed by atoms with Crippen LogP contribution in [0.3, 0.4) is 0 Å². The lowest BCUT2D eigenvalue weighted by Crippen LogP contribution is -2.38. The molecule has 0 aromatic carbocycles. The summed E-state index contributed by atoms with van der Waals surface area (Å²) < 4.78 is 1.05. The highest BCUT2D eigenvalue weighted by atomic mass is 16.2. The Hall–Kier alpha value is -2.70. The van der Waals surface area contributed by atoms with E-state index in [2.05, 4.69) is 10.1 Å². The summed E-state index contributed by atoms with van der Waals surface area (Å²) in [6, 6.07) is 6.11. The predicted molar refractivity (Wildman–Crippen MR) is 79.2 cm³/mol. The lowest BCUT2D eigenvalue weighted by Gasteiger charge is -2.25. The maximum absolute atomic E-state index is 12.5. The van der Waals surface area contributed by atoms with Crippen molar-refractivity contribution in [2.75, 3.05) is 6.54 Å².